The van der Waals surface area contributed by atoms with E-state index in [9.17, 15) is 9.18 Å². The van der Waals surface area contributed by atoms with Gasteiger partial charge in [-0.15, -0.1) is 0 Å². The highest BCUT2D eigenvalue weighted by atomic mass is 19.1. The monoisotopic (exact) mass is 195 g/mol. The molecule has 14 heavy (non-hydrogen) atoms. The van der Waals surface area contributed by atoms with Crippen molar-refractivity contribution in [3.8, 4) is 0 Å². The van der Waals surface area contributed by atoms with Gasteiger partial charge in [0.1, 0.15) is 12.1 Å². The molecule has 0 atom stereocenters. The molecule has 0 spiro atoms. The minimum atomic E-state index is -0.342. The third kappa shape index (κ3) is 2.31. The van der Waals surface area contributed by atoms with Crippen molar-refractivity contribution in [2.45, 2.75) is 13.3 Å². The van der Waals surface area contributed by atoms with Gasteiger partial charge in [-0.3, -0.25) is 4.79 Å². The molecule has 0 heterocycles. The smallest absolute Gasteiger partial charge is 0.150 e. The molecule has 0 unspecified atom stereocenters. The Morgan fingerprint density at radius 3 is 2.71 bits per heavy atom. The Morgan fingerprint density at radius 2 is 2.21 bits per heavy atom. The van der Waals surface area contributed by atoms with E-state index in [0.717, 1.165) is 13.0 Å². The zero-order chi connectivity index (χ0) is 10.6. The molecular weight excluding hydrogens is 181 g/mol. The molecule has 0 aliphatic carbocycles. The highest BCUT2D eigenvalue weighted by Gasteiger charge is 2.06. The van der Waals surface area contributed by atoms with Gasteiger partial charge in [-0.2, -0.15) is 0 Å². The van der Waals surface area contributed by atoms with Crippen molar-refractivity contribution in [1.82, 2.24) is 0 Å². The number of hydrogen-bond acceptors (Lipinski definition) is 2. The Hall–Kier alpha value is -1.38. The number of rotatable bonds is 4. The van der Waals surface area contributed by atoms with Gasteiger partial charge in [-0.25, -0.2) is 4.39 Å². The van der Waals surface area contributed by atoms with Gasteiger partial charge in [-0.05, 0) is 24.6 Å². The minimum absolute atomic E-state index is 0.342. The topological polar surface area (TPSA) is 20.3 Å². The van der Waals surface area contributed by atoms with Gasteiger partial charge in [0.15, 0.2) is 0 Å². The number of benzene rings is 1. The second kappa shape index (κ2) is 4.74. The molecule has 0 aliphatic rings. The molecule has 0 radical (unpaired) electrons. The second-order valence-corrected chi connectivity index (χ2v) is 3.25. The Balaban J connectivity index is 2.93. The van der Waals surface area contributed by atoms with Gasteiger partial charge in [0.05, 0.1) is 5.69 Å². The molecule has 0 aromatic heterocycles. The normalized spacial score (nSPS) is 9.93. The first-order valence-electron chi connectivity index (χ1n) is 4.65. The lowest BCUT2D eigenvalue weighted by atomic mass is 10.2. The summed E-state index contributed by atoms with van der Waals surface area (Å²) in [7, 11) is 1.84. The van der Waals surface area contributed by atoms with Crippen LogP contribution in [0.15, 0.2) is 18.2 Å². The number of nitrogens with zero attached hydrogens (tertiary/aromatic N) is 1. The zero-order valence-corrected chi connectivity index (χ0v) is 8.46. The maximum Gasteiger partial charge on any atom is 0.150 e. The largest absolute Gasteiger partial charge is 0.372 e. The molecule has 1 aromatic carbocycles. The van der Waals surface area contributed by atoms with Crippen LogP contribution in [0, 0.1) is 5.82 Å². The van der Waals surface area contributed by atoms with Gasteiger partial charge in [0, 0.05) is 19.2 Å². The Kier molecular flexibility index (Phi) is 3.63. The maximum absolute atomic E-state index is 13.4. The molecule has 0 N–H and O–H groups in total. The van der Waals surface area contributed by atoms with E-state index in [-0.39, 0.29) is 5.82 Å². The number of aldehydes is 1. The number of anilines is 1. The van der Waals surface area contributed by atoms with Gasteiger partial charge < -0.3 is 4.90 Å². The predicted octanol–water partition coefficient (Wildman–Crippen LogP) is 2.48. The SMILES string of the molecule is CCCN(C)c1ccc(C=O)cc1F. The molecule has 0 fully saturated rings. The number of carbonyl (C=O) groups excluding carboxylic acids is 1. The summed E-state index contributed by atoms with van der Waals surface area (Å²) in [5, 5.41) is 0. The van der Waals surface area contributed by atoms with Gasteiger partial charge >= 0.3 is 0 Å². The molecule has 76 valence electrons. The Labute approximate surface area is 83.3 Å². The number of carbonyl (C=O) groups is 1. The van der Waals surface area contributed by atoms with Crippen LogP contribution in [0.1, 0.15) is 23.7 Å². The van der Waals surface area contributed by atoms with E-state index in [1.807, 2.05) is 18.9 Å². The first-order chi connectivity index (χ1) is 6.69. The van der Waals surface area contributed by atoms with Gasteiger partial charge in [0.2, 0.25) is 0 Å². The summed E-state index contributed by atoms with van der Waals surface area (Å²) < 4.78 is 13.4. The van der Waals surface area contributed by atoms with Crippen molar-refractivity contribution < 1.29 is 9.18 Å². The van der Waals surface area contributed by atoms with Crippen molar-refractivity contribution in [1.29, 1.82) is 0 Å². The summed E-state index contributed by atoms with van der Waals surface area (Å²) in [6.45, 7) is 2.84. The molecule has 0 aliphatic heterocycles. The lowest BCUT2D eigenvalue weighted by molar-refractivity contribution is 0.112. The van der Waals surface area contributed by atoms with E-state index >= 15 is 0 Å². The molecule has 2 nitrogen and oxygen atoms in total. The Morgan fingerprint density at radius 1 is 1.50 bits per heavy atom. The standard InChI is InChI=1S/C11H14FNO/c1-3-6-13(2)11-5-4-9(8-14)7-10(11)12/h4-5,7-8H,3,6H2,1-2H3. The average Bonchev–Trinajstić information content (AvgIpc) is 2.17. The number of hydrogen-bond donors (Lipinski definition) is 0. The van der Waals surface area contributed by atoms with Crippen LogP contribution < -0.4 is 4.90 Å². The average molecular weight is 195 g/mol. The van der Waals surface area contributed by atoms with Crippen LogP contribution in [-0.4, -0.2) is 19.9 Å². The van der Waals surface area contributed by atoms with Crippen molar-refractivity contribution in [2.24, 2.45) is 0 Å². The van der Waals surface area contributed by atoms with E-state index in [1.54, 1.807) is 12.1 Å². The summed E-state index contributed by atoms with van der Waals surface area (Å²) >= 11 is 0. The second-order valence-electron chi connectivity index (χ2n) is 3.25. The van der Waals surface area contributed by atoms with E-state index in [2.05, 4.69) is 0 Å². The van der Waals surface area contributed by atoms with E-state index in [4.69, 9.17) is 0 Å². The maximum atomic E-state index is 13.4. The molecular formula is C11H14FNO. The van der Waals surface area contributed by atoms with Crippen LogP contribution >= 0.6 is 0 Å². The van der Waals surface area contributed by atoms with E-state index < -0.39 is 0 Å². The van der Waals surface area contributed by atoms with Crippen LogP contribution in [-0.2, 0) is 0 Å². The Bertz CT molecular complexity index is 325. The molecule has 1 rings (SSSR count). The van der Waals surface area contributed by atoms with E-state index in [1.165, 1.54) is 6.07 Å². The summed E-state index contributed by atoms with van der Waals surface area (Å²) in [5.41, 5.74) is 0.911. The van der Waals surface area contributed by atoms with Crippen molar-refractivity contribution in [3.63, 3.8) is 0 Å². The third-order valence-electron chi connectivity index (χ3n) is 2.08. The van der Waals surface area contributed by atoms with Crippen LogP contribution in [0.4, 0.5) is 10.1 Å². The summed E-state index contributed by atoms with van der Waals surface area (Å²) in [6, 6.07) is 4.51. The van der Waals surface area contributed by atoms with Gasteiger partial charge in [0.25, 0.3) is 0 Å². The van der Waals surface area contributed by atoms with Crippen LogP contribution in [0.25, 0.3) is 0 Å². The lowest BCUT2D eigenvalue weighted by Crippen LogP contribution is -2.19. The fraction of sp³-hybridized carbons (Fsp3) is 0.364. The van der Waals surface area contributed by atoms with Gasteiger partial charge in [-0.1, -0.05) is 6.92 Å². The molecule has 3 heteroatoms. The van der Waals surface area contributed by atoms with E-state index in [0.29, 0.717) is 17.5 Å². The molecule has 0 saturated carbocycles. The summed E-state index contributed by atoms with van der Waals surface area (Å²) in [4.78, 5) is 12.2. The minimum Gasteiger partial charge on any atom is -0.372 e. The molecule has 0 bridgehead atoms. The predicted molar refractivity (Wildman–Crippen MR) is 55.3 cm³/mol. The lowest BCUT2D eigenvalue weighted by Gasteiger charge is -2.18. The highest BCUT2D eigenvalue weighted by Crippen LogP contribution is 2.18. The van der Waals surface area contributed by atoms with Crippen molar-refractivity contribution in [2.75, 3.05) is 18.5 Å². The zero-order valence-electron chi connectivity index (χ0n) is 8.46. The third-order valence-corrected chi connectivity index (χ3v) is 2.08. The first kappa shape index (κ1) is 10.7. The fourth-order valence-electron chi connectivity index (χ4n) is 1.36. The first-order valence-corrected chi connectivity index (χ1v) is 4.65. The van der Waals surface area contributed by atoms with Crippen molar-refractivity contribution >= 4 is 12.0 Å². The summed E-state index contributed by atoms with van der Waals surface area (Å²) in [6.07, 6.45) is 1.61. The fourth-order valence-corrected chi connectivity index (χ4v) is 1.36. The van der Waals surface area contributed by atoms with Crippen LogP contribution in [0.5, 0.6) is 0 Å². The van der Waals surface area contributed by atoms with Crippen molar-refractivity contribution in [3.05, 3.63) is 29.6 Å². The molecule has 0 amide bonds. The molecule has 1 aromatic rings. The van der Waals surface area contributed by atoms with Crippen LogP contribution in [0.2, 0.25) is 0 Å². The highest BCUT2D eigenvalue weighted by molar-refractivity contribution is 5.75. The summed E-state index contributed by atoms with van der Waals surface area (Å²) in [5.74, 6) is -0.342. The number of halogens is 1. The quantitative estimate of drug-likeness (QED) is 0.688. The van der Waals surface area contributed by atoms with Crippen LogP contribution in [0.3, 0.4) is 0 Å². The molecule has 0 saturated heterocycles.